The molecule has 0 N–H and O–H groups in total. The van der Waals surface area contributed by atoms with Gasteiger partial charge in [0.05, 0.1) is 5.69 Å². The van der Waals surface area contributed by atoms with Crippen LogP contribution in [0.2, 0.25) is 0 Å². The first-order chi connectivity index (χ1) is 6.59. The van der Waals surface area contributed by atoms with E-state index in [1.54, 1.807) is 6.07 Å². The lowest BCUT2D eigenvalue weighted by molar-refractivity contribution is -0.116. The Balaban J connectivity index is 2.53. The fourth-order valence-electron chi connectivity index (χ4n) is 1.78. The number of nitrogens with zero attached hydrogens (tertiary/aromatic N) is 1. The summed E-state index contributed by atoms with van der Waals surface area (Å²) in [5.41, 5.74) is 2.28. The Morgan fingerprint density at radius 1 is 1.57 bits per heavy atom. The van der Waals surface area contributed by atoms with Crippen LogP contribution in [-0.2, 0) is 11.2 Å². The van der Waals surface area contributed by atoms with Crippen molar-refractivity contribution in [3.63, 3.8) is 0 Å². The second-order valence-corrected chi connectivity index (χ2v) is 3.37. The molecular formula is C11H10FNO. The topological polar surface area (TPSA) is 20.3 Å². The van der Waals surface area contributed by atoms with Crippen molar-refractivity contribution in [3.8, 4) is 0 Å². The Hall–Kier alpha value is -1.64. The lowest BCUT2D eigenvalue weighted by Gasteiger charge is -2.15. The Morgan fingerprint density at radius 3 is 2.93 bits per heavy atom. The van der Waals surface area contributed by atoms with Crippen LogP contribution < -0.4 is 4.90 Å². The molecule has 3 heteroatoms. The number of halogens is 1. The predicted octanol–water partition coefficient (Wildman–Crippen LogP) is 2.25. The van der Waals surface area contributed by atoms with Gasteiger partial charge in [0.25, 0.3) is 0 Å². The number of carbonyl (C=O) groups excluding carboxylic acids is 1. The van der Waals surface area contributed by atoms with E-state index < -0.39 is 0 Å². The SMILES string of the molecule is C=C1Cc2cc(F)ccc2N1C(C)=O. The number of allylic oxidation sites excluding steroid dienone is 1. The van der Waals surface area contributed by atoms with Crippen LogP contribution in [0.3, 0.4) is 0 Å². The van der Waals surface area contributed by atoms with Gasteiger partial charge in [-0.3, -0.25) is 9.69 Å². The standard InChI is InChI=1S/C11H10FNO/c1-7-5-9-6-10(12)3-4-11(9)13(7)8(2)14/h3-4,6H,1,5H2,2H3. The summed E-state index contributed by atoms with van der Waals surface area (Å²) in [4.78, 5) is 12.8. The van der Waals surface area contributed by atoms with Gasteiger partial charge >= 0.3 is 0 Å². The summed E-state index contributed by atoms with van der Waals surface area (Å²) in [5.74, 6) is -0.359. The Morgan fingerprint density at radius 2 is 2.29 bits per heavy atom. The summed E-state index contributed by atoms with van der Waals surface area (Å²) in [7, 11) is 0. The molecule has 0 saturated heterocycles. The number of hydrogen-bond acceptors (Lipinski definition) is 1. The van der Waals surface area contributed by atoms with E-state index in [-0.39, 0.29) is 11.7 Å². The number of benzene rings is 1. The average molecular weight is 191 g/mol. The molecule has 72 valence electrons. The molecule has 0 spiro atoms. The highest BCUT2D eigenvalue weighted by Gasteiger charge is 2.25. The molecule has 0 saturated carbocycles. The first kappa shape index (κ1) is 8.94. The largest absolute Gasteiger partial charge is 0.285 e. The Kier molecular flexibility index (Phi) is 1.88. The molecule has 1 heterocycles. The molecule has 0 unspecified atom stereocenters. The number of rotatable bonds is 0. The maximum Gasteiger partial charge on any atom is 0.228 e. The van der Waals surface area contributed by atoms with E-state index in [0.29, 0.717) is 12.1 Å². The van der Waals surface area contributed by atoms with E-state index in [2.05, 4.69) is 6.58 Å². The Labute approximate surface area is 81.6 Å². The predicted molar refractivity (Wildman–Crippen MR) is 52.4 cm³/mol. The van der Waals surface area contributed by atoms with Gasteiger partial charge in [-0.25, -0.2) is 4.39 Å². The van der Waals surface area contributed by atoms with Crippen molar-refractivity contribution in [2.75, 3.05) is 4.90 Å². The third kappa shape index (κ3) is 1.21. The summed E-state index contributed by atoms with van der Waals surface area (Å²) < 4.78 is 12.9. The van der Waals surface area contributed by atoms with E-state index in [1.807, 2.05) is 0 Å². The van der Waals surface area contributed by atoms with Gasteiger partial charge in [0.1, 0.15) is 5.82 Å². The molecule has 2 nitrogen and oxygen atoms in total. The van der Waals surface area contributed by atoms with Gasteiger partial charge in [0, 0.05) is 19.0 Å². The summed E-state index contributed by atoms with van der Waals surface area (Å²) in [6.07, 6.45) is 0.548. The minimum atomic E-state index is -0.276. The first-order valence-electron chi connectivity index (χ1n) is 4.36. The van der Waals surface area contributed by atoms with Crippen molar-refractivity contribution in [2.45, 2.75) is 13.3 Å². The molecule has 1 aliphatic heterocycles. The fourth-order valence-corrected chi connectivity index (χ4v) is 1.78. The molecule has 1 aromatic rings. The van der Waals surface area contributed by atoms with E-state index in [0.717, 1.165) is 11.3 Å². The van der Waals surface area contributed by atoms with Gasteiger partial charge < -0.3 is 0 Å². The normalized spacial score (nSPS) is 14.4. The quantitative estimate of drug-likeness (QED) is 0.616. The molecule has 0 atom stereocenters. The maximum atomic E-state index is 12.9. The number of fused-ring (bicyclic) bond motifs is 1. The van der Waals surface area contributed by atoms with Crippen LogP contribution in [0.15, 0.2) is 30.5 Å². The van der Waals surface area contributed by atoms with Gasteiger partial charge in [-0.2, -0.15) is 0 Å². The molecule has 0 fully saturated rings. The van der Waals surface area contributed by atoms with Crippen molar-refractivity contribution >= 4 is 11.6 Å². The monoisotopic (exact) mass is 191 g/mol. The number of carbonyl (C=O) groups is 1. The molecule has 0 bridgehead atoms. The summed E-state index contributed by atoms with van der Waals surface area (Å²) in [5, 5.41) is 0. The van der Waals surface area contributed by atoms with Crippen molar-refractivity contribution in [1.29, 1.82) is 0 Å². The van der Waals surface area contributed by atoms with E-state index in [9.17, 15) is 9.18 Å². The molecule has 1 amide bonds. The van der Waals surface area contributed by atoms with Gasteiger partial charge in [-0.15, -0.1) is 0 Å². The van der Waals surface area contributed by atoms with Crippen LogP contribution in [0.1, 0.15) is 12.5 Å². The minimum absolute atomic E-state index is 0.0830. The third-order valence-corrected chi connectivity index (χ3v) is 2.31. The highest BCUT2D eigenvalue weighted by molar-refractivity contribution is 5.97. The maximum absolute atomic E-state index is 12.9. The zero-order chi connectivity index (χ0) is 10.3. The lowest BCUT2D eigenvalue weighted by Crippen LogP contribution is -2.23. The van der Waals surface area contributed by atoms with Gasteiger partial charge in [0.2, 0.25) is 5.91 Å². The molecule has 0 radical (unpaired) electrons. The average Bonchev–Trinajstić information content (AvgIpc) is 2.39. The number of hydrogen-bond donors (Lipinski definition) is 0. The molecule has 14 heavy (non-hydrogen) atoms. The van der Waals surface area contributed by atoms with Crippen molar-refractivity contribution in [1.82, 2.24) is 0 Å². The van der Waals surface area contributed by atoms with Crippen molar-refractivity contribution in [3.05, 3.63) is 41.9 Å². The van der Waals surface area contributed by atoms with Crippen LogP contribution in [-0.4, -0.2) is 5.91 Å². The molecule has 1 aromatic carbocycles. The van der Waals surface area contributed by atoms with Crippen LogP contribution >= 0.6 is 0 Å². The third-order valence-electron chi connectivity index (χ3n) is 2.31. The second kappa shape index (κ2) is 2.94. The summed E-state index contributed by atoms with van der Waals surface area (Å²) in [6.45, 7) is 5.26. The fraction of sp³-hybridized carbons (Fsp3) is 0.182. The minimum Gasteiger partial charge on any atom is -0.285 e. The van der Waals surface area contributed by atoms with Gasteiger partial charge in [-0.05, 0) is 23.8 Å². The van der Waals surface area contributed by atoms with Crippen LogP contribution in [0.5, 0.6) is 0 Å². The summed E-state index contributed by atoms with van der Waals surface area (Å²) >= 11 is 0. The molecule has 1 aliphatic rings. The summed E-state index contributed by atoms with van der Waals surface area (Å²) in [6, 6.07) is 4.42. The van der Waals surface area contributed by atoms with E-state index in [4.69, 9.17) is 0 Å². The number of amides is 1. The highest BCUT2D eigenvalue weighted by atomic mass is 19.1. The molecule has 0 aliphatic carbocycles. The Bertz CT molecular complexity index is 425. The zero-order valence-corrected chi connectivity index (χ0v) is 7.88. The van der Waals surface area contributed by atoms with Crippen LogP contribution in [0.4, 0.5) is 10.1 Å². The molecule has 0 aromatic heterocycles. The van der Waals surface area contributed by atoms with Gasteiger partial charge in [-0.1, -0.05) is 6.58 Å². The second-order valence-electron chi connectivity index (χ2n) is 3.37. The zero-order valence-electron chi connectivity index (χ0n) is 7.88. The highest BCUT2D eigenvalue weighted by Crippen LogP contribution is 2.33. The van der Waals surface area contributed by atoms with Crippen LogP contribution in [0.25, 0.3) is 0 Å². The van der Waals surface area contributed by atoms with Gasteiger partial charge in [0.15, 0.2) is 0 Å². The van der Waals surface area contributed by atoms with Crippen molar-refractivity contribution in [2.24, 2.45) is 0 Å². The first-order valence-corrected chi connectivity index (χ1v) is 4.36. The number of anilines is 1. The molecular weight excluding hydrogens is 181 g/mol. The molecule has 2 rings (SSSR count). The van der Waals surface area contributed by atoms with E-state index >= 15 is 0 Å². The smallest absolute Gasteiger partial charge is 0.228 e. The lowest BCUT2D eigenvalue weighted by atomic mass is 10.1. The van der Waals surface area contributed by atoms with Crippen LogP contribution in [0, 0.1) is 5.82 Å². The van der Waals surface area contributed by atoms with Crippen molar-refractivity contribution < 1.29 is 9.18 Å². The van der Waals surface area contributed by atoms with E-state index in [1.165, 1.54) is 24.0 Å².